The molecule has 40 heavy (non-hydrogen) atoms. The SMILES string of the molecule is CC(=O)OC1C[C@H]2C=Nc3cc(OCCCCCOc4cc(-c5ccc(F)cc5)nc(C)n4)ccc3C(=O)N2C1. The fraction of sp³-hybridized carbons (Fsp3) is 0.367. The summed E-state index contributed by atoms with van der Waals surface area (Å²) in [4.78, 5) is 39.4. The molecule has 5 rings (SSSR count). The van der Waals surface area contributed by atoms with Crippen molar-refractivity contribution in [2.24, 2.45) is 4.99 Å². The first-order valence-electron chi connectivity index (χ1n) is 13.4. The Balaban J connectivity index is 1.06. The van der Waals surface area contributed by atoms with Gasteiger partial charge in [-0.3, -0.25) is 14.6 Å². The first-order chi connectivity index (χ1) is 19.4. The number of rotatable bonds is 10. The fourth-order valence-electron chi connectivity index (χ4n) is 4.86. The Labute approximate surface area is 232 Å². The van der Waals surface area contributed by atoms with Crippen LogP contribution in [0.2, 0.25) is 0 Å². The minimum Gasteiger partial charge on any atom is -0.494 e. The van der Waals surface area contributed by atoms with Gasteiger partial charge in [0.25, 0.3) is 5.91 Å². The van der Waals surface area contributed by atoms with Crippen molar-refractivity contribution in [1.82, 2.24) is 14.9 Å². The average molecular weight is 547 g/mol. The van der Waals surface area contributed by atoms with Crippen LogP contribution in [0.4, 0.5) is 10.1 Å². The number of aliphatic imine (C=N–C) groups is 1. The minimum atomic E-state index is -0.347. The number of ether oxygens (including phenoxy) is 3. The van der Waals surface area contributed by atoms with Gasteiger partial charge in [0, 0.05) is 37.3 Å². The third kappa shape index (κ3) is 6.62. The van der Waals surface area contributed by atoms with Crippen LogP contribution in [-0.2, 0) is 9.53 Å². The average Bonchev–Trinajstić information content (AvgIpc) is 3.27. The zero-order valence-electron chi connectivity index (χ0n) is 22.5. The van der Waals surface area contributed by atoms with Crippen LogP contribution in [-0.4, -0.2) is 64.9 Å². The summed E-state index contributed by atoms with van der Waals surface area (Å²) < 4.78 is 30.3. The maximum atomic E-state index is 13.2. The first kappa shape index (κ1) is 27.2. The third-order valence-electron chi connectivity index (χ3n) is 6.75. The summed E-state index contributed by atoms with van der Waals surface area (Å²) in [5.41, 5.74) is 2.58. The molecule has 0 N–H and O–H groups in total. The van der Waals surface area contributed by atoms with Crippen LogP contribution in [0, 0.1) is 12.7 Å². The van der Waals surface area contributed by atoms with Gasteiger partial charge in [0.15, 0.2) is 0 Å². The van der Waals surface area contributed by atoms with E-state index in [1.807, 2.05) is 0 Å². The highest BCUT2D eigenvalue weighted by Crippen LogP contribution is 2.32. The highest BCUT2D eigenvalue weighted by Gasteiger charge is 2.38. The predicted molar refractivity (Wildman–Crippen MR) is 147 cm³/mol. The zero-order chi connectivity index (χ0) is 28.1. The van der Waals surface area contributed by atoms with Gasteiger partial charge >= 0.3 is 5.97 Å². The van der Waals surface area contributed by atoms with Crippen molar-refractivity contribution in [2.75, 3.05) is 19.8 Å². The van der Waals surface area contributed by atoms with Gasteiger partial charge < -0.3 is 19.1 Å². The quantitative estimate of drug-likeness (QED) is 0.258. The van der Waals surface area contributed by atoms with Crippen LogP contribution in [0.15, 0.2) is 53.5 Å². The van der Waals surface area contributed by atoms with Gasteiger partial charge in [-0.1, -0.05) is 0 Å². The van der Waals surface area contributed by atoms with Gasteiger partial charge in [-0.15, -0.1) is 0 Å². The summed E-state index contributed by atoms with van der Waals surface area (Å²) in [6.07, 6.45) is 4.54. The molecule has 9 nitrogen and oxygen atoms in total. The molecule has 2 aliphatic heterocycles. The number of hydrogen-bond acceptors (Lipinski definition) is 8. The molecule has 2 atom stereocenters. The smallest absolute Gasteiger partial charge is 0.302 e. The summed E-state index contributed by atoms with van der Waals surface area (Å²) >= 11 is 0. The molecule has 3 heterocycles. The third-order valence-corrected chi connectivity index (χ3v) is 6.75. The highest BCUT2D eigenvalue weighted by molar-refractivity contribution is 6.03. The molecule has 1 unspecified atom stereocenters. The van der Waals surface area contributed by atoms with Crippen LogP contribution in [0.5, 0.6) is 11.6 Å². The maximum absolute atomic E-state index is 13.2. The fourth-order valence-corrected chi connectivity index (χ4v) is 4.86. The van der Waals surface area contributed by atoms with E-state index in [1.165, 1.54) is 19.1 Å². The van der Waals surface area contributed by atoms with Gasteiger partial charge in [-0.25, -0.2) is 9.37 Å². The van der Waals surface area contributed by atoms with Crippen LogP contribution in [0.3, 0.4) is 0 Å². The number of aryl methyl sites for hydroxylation is 1. The number of unbranched alkanes of at least 4 members (excludes halogenated alkanes) is 2. The molecule has 208 valence electrons. The molecule has 1 saturated heterocycles. The lowest BCUT2D eigenvalue weighted by atomic mass is 10.1. The van der Waals surface area contributed by atoms with E-state index >= 15 is 0 Å². The molecule has 0 radical (unpaired) electrons. The van der Waals surface area contributed by atoms with Crippen LogP contribution in [0.25, 0.3) is 11.3 Å². The second kappa shape index (κ2) is 12.2. The Morgan fingerprint density at radius 2 is 1.80 bits per heavy atom. The molecular weight excluding hydrogens is 515 g/mol. The Kier molecular flexibility index (Phi) is 8.33. The highest BCUT2D eigenvalue weighted by atomic mass is 19.1. The molecule has 0 bridgehead atoms. The standard InChI is InChI=1S/C30H31FN4O5/c1-19-33-27(21-6-8-22(31)9-7-21)16-29(34-19)39-13-5-3-4-12-38-24-10-11-26-28(15-24)32-17-23-14-25(40-20(2)36)18-35(23)30(26)37/h6-11,15-17,23,25H,3-5,12-14,18H2,1-2H3/t23-,25?/m0/s1. The number of carbonyl (C=O) groups excluding carboxylic acids is 2. The molecule has 1 aromatic heterocycles. The number of nitrogens with zero attached hydrogens (tertiary/aromatic N) is 4. The molecule has 0 saturated carbocycles. The Hall–Kier alpha value is -4.34. The van der Waals surface area contributed by atoms with Gasteiger partial charge in [0.2, 0.25) is 5.88 Å². The van der Waals surface area contributed by atoms with Crippen LogP contribution in [0.1, 0.15) is 48.8 Å². The summed E-state index contributed by atoms with van der Waals surface area (Å²) in [5.74, 6) is 0.971. The van der Waals surface area contributed by atoms with Crippen molar-refractivity contribution in [1.29, 1.82) is 0 Å². The van der Waals surface area contributed by atoms with Gasteiger partial charge in [0.05, 0.1) is 42.7 Å². The van der Waals surface area contributed by atoms with E-state index in [9.17, 15) is 14.0 Å². The van der Waals surface area contributed by atoms with E-state index in [-0.39, 0.29) is 29.8 Å². The normalized spacial score (nSPS) is 17.7. The molecule has 1 fully saturated rings. The van der Waals surface area contributed by atoms with E-state index < -0.39 is 0 Å². The largest absolute Gasteiger partial charge is 0.494 e. The van der Waals surface area contributed by atoms with Crippen LogP contribution < -0.4 is 9.47 Å². The summed E-state index contributed by atoms with van der Waals surface area (Å²) in [6.45, 7) is 4.56. The van der Waals surface area contributed by atoms with Crippen molar-refractivity contribution >= 4 is 23.8 Å². The Morgan fingerprint density at radius 1 is 1.02 bits per heavy atom. The molecule has 10 heteroatoms. The van der Waals surface area contributed by atoms with Crippen molar-refractivity contribution in [3.63, 3.8) is 0 Å². The molecule has 0 spiro atoms. The van der Waals surface area contributed by atoms with E-state index in [1.54, 1.807) is 54.4 Å². The molecule has 0 aliphatic carbocycles. The summed E-state index contributed by atoms with van der Waals surface area (Å²) in [5, 5.41) is 0. The summed E-state index contributed by atoms with van der Waals surface area (Å²) in [6, 6.07) is 13.0. The number of amides is 1. The molecule has 1 amide bonds. The van der Waals surface area contributed by atoms with E-state index in [4.69, 9.17) is 14.2 Å². The first-order valence-corrected chi connectivity index (χ1v) is 13.4. The number of carbonyl (C=O) groups is 2. The summed E-state index contributed by atoms with van der Waals surface area (Å²) in [7, 11) is 0. The topological polar surface area (TPSA) is 103 Å². The van der Waals surface area contributed by atoms with Crippen molar-refractivity contribution in [3.8, 4) is 22.9 Å². The zero-order valence-corrected chi connectivity index (χ0v) is 22.5. The Morgan fingerprint density at radius 3 is 2.58 bits per heavy atom. The van der Waals surface area contributed by atoms with Crippen molar-refractivity contribution in [2.45, 2.75) is 51.7 Å². The monoisotopic (exact) mass is 546 g/mol. The van der Waals surface area contributed by atoms with Gasteiger partial charge in [0.1, 0.15) is 23.5 Å². The number of benzene rings is 2. The predicted octanol–water partition coefficient (Wildman–Crippen LogP) is 5.08. The molecule has 3 aromatic rings. The van der Waals surface area contributed by atoms with E-state index in [2.05, 4.69) is 15.0 Å². The van der Waals surface area contributed by atoms with Gasteiger partial charge in [-0.2, -0.15) is 4.98 Å². The number of aromatic nitrogens is 2. The molecule has 2 aromatic carbocycles. The second-order valence-corrected chi connectivity index (χ2v) is 9.85. The van der Waals surface area contributed by atoms with E-state index in [0.29, 0.717) is 60.6 Å². The van der Waals surface area contributed by atoms with E-state index in [0.717, 1.165) is 24.8 Å². The second-order valence-electron chi connectivity index (χ2n) is 9.85. The lowest BCUT2D eigenvalue weighted by Gasteiger charge is -2.19. The van der Waals surface area contributed by atoms with Crippen LogP contribution >= 0.6 is 0 Å². The Bertz CT molecular complexity index is 1410. The number of hydrogen-bond donors (Lipinski definition) is 0. The van der Waals surface area contributed by atoms with Crippen molar-refractivity contribution in [3.05, 3.63) is 65.7 Å². The van der Waals surface area contributed by atoms with Gasteiger partial charge in [-0.05, 0) is 62.6 Å². The number of fused-ring (bicyclic) bond motifs is 2. The molecular formula is C30H31FN4O5. The van der Waals surface area contributed by atoms with Crippen molar-refractivity contribution < 1.29 is 28.2 Å². The lowest BCUT2D eigenvalue weighted by molar-refractivity contribution is -0.145. The maximum Gasteiger partial charge on any atom is 0.302 e. The number of esters is 1. The number of halogens is 1. The lowest BCUT2D eigenvalue weighted by Crippen LogP contribution is -2.36. The minimum absolute atomic E-state index is 0.123. The molecule has 2 aliphatic rings.